The van der Waals surface area contributed by atoms with Gasteiger partial charge in [0.15, 0.2) is 0 Å². The Hall–Kier alpha value is -0.820. The van der Waals surface area contributed by atoms with Crippen LogP contribution >= 0.6 is 0 Å². The van der Waals surface area contributed by atoms with Gasteiger partial charge in [-0.25, -0.2) is 0 Å². The van der Waals surface area contributed by atoms with Gasteiger partial charge in [-0.3, -0.25) is 0 Å². The molecule has 1 aromatic carbocycles. The van der Waals surface area contributed by atoms with Gasteiger partial charge >= 0.3 is 0 Å². The zero-order chi connectivity index (χ0) is 12.4. The minimum absolute atomic E-state index is 0.737. The van der Waals surface area contributed by atoms with Crippen LogP contribution in [0.2, 0.25) is 0 Å². The van der Waals surface area contributed by atoms with Crippen LogP contribution in [0.5, 0.6) is 0 Å². The van der Waals surface area contributed by atoms with E-state index in [0.717, 1.165) is 24.4 Å². The highest BCUT2D eigenvalue weighted by molar-refractivity contribution is 5.33. The van der Waals surface area contributed by atoms with Crippen molar-refractivity contribution in [3.63, 3.8) is 0 Å². The Morgan fingerprint density at radius 1 is 1.18 bits per heavy atom. The van der Waals surface area contributed by atoms with Gasteiger partial charge in [0.05, 0.1) is 0 Å². The van der Waals surface area contributed by atoms with Crippen LogP contribution in [0.15, 0.2) is 18.2 Å². The van der Waals surface area contributed by atoms with Gasteiger partial charge in [-0.05, 0) is 50.6 Å². The molecule has 3 unspecified atom stereocenters. The average molecular weight is 231 g/mol. The Morgan fingerprint density at radius 2 is 1.82 bits per heavy atom. The Balaban J connectivity index is 2.01. The lowest BCUT2D eigenvalue weighted by atomic mass is 9.66. The standard InChI is InChI=1S/C16H25N/c1-5-6-17-16-10-15(13(16)4)14-8-11(2)7-12(3)9-14/h7-9,13,15-17H,5-6,10H2,1-4H3. The molecule has 0 aromatic heterocycles. The molecule has 1 heteroatoms. The minimum Gasteiger partial charge on any atom is -0.314 e. The maximum Gasteiger partial charge on any atom is 0.0104 e. The third-order valence-electron chi connectivity index (χ3n) is 4.11. The lowest BCUT2D eigenvalue weighted by molar-refractivity contribution is 0.185. The number of benzene rings is 1. The van der Waals surface area contributed by atoms with Crippen molar-refractivity contribution >= 4 is 0 Å². The first-order valence-electron chi connectivity index (χ1n) is 6.93. The van der Waals surface area contributed by atoms with E-state index in [0.29, 0.717) is 0 Å². The van der Waals surface area contributed by atoms with E-state index >= 15 is 0 Å². The van der Waals surface area contributed by atoms with E-state index in [1.165, 1.54) is 24.0 Å². The molecule has 0 aliphatic heterocycles. The molecule has 1 saturated carbocycles. The summed E-state index contributed by atoms with van der Waals surface area (Å²) < 4.78 is 0. The van der Waals surface area contributed by atoms with Gasteiger partial charge in [0.1, 0.15) is 0 Å². The number of nitrogens with one attached hydrogen (secondary N) is 1. The first kappa shape index (κ1) is 12.6. The third-order valence-corrected chi connectivity index (χ3v) is 4.11. The Morgan fingerprint density at radius 3 is 2.35 bits per heavy atom. The van der Waals surface area contributed by atoms with Crippen LogP contribution in [-0.2, 0) is 0 Å². The van der Waals surface area contributed by atoms with Crippen molar-refractivity contribution in [3.05, 3.63) is 34.9 Å². The topological polar surface area (TPSA) is 12.0 Å². The Labute approximate surface area is 106 Å². The van der Waals surface area contributed by atoms with Crippen molar-refractivity contribution in [2.45, 2.75) is 52.5 Å². The molecule has 3 atom stereocenters. The summed E-state index contributed by atoms with van der Waals surface area (Å²) in [5.41, 5.74) is 4.35. The largest absolute Gasteiger partial charge is 0.314 e. The van der Waals surface area contributed by atoms with E-state index in [-0.39, 0.29) is 0 Å². The fraction of sp³-hybridized carbons (Fsp3) is 0.625. The van der Waals surface area contributed by atoms with Crippen LogP contribution in [0.3, 0.4) is 0 Å². The molecule has 17 heavy (non-hydrogen) atoms. The molecule has 2 rings (SSSR count). The SMILES string of the molecule is CCCNC1CC(c2cc(C)cc(C)c2)C1C. The predicted molar refractivity (Wildman–Crippen MR) is 74.5 cm³/mol. The Kier molecular flexibility index (Phi) is 3.88. The first-order chi connectivity index (χ1) is 8.11. The van der Waals surface area contributed by atoms with Gasteiger partial charge in [0.25, 0.3) is 0 Å². The molecule has 0 radical (unpaired) electrons. The van der Waals surface area contributed by atoms with E-state index in [9.17, 15) is 0 Å². The first-order valence-corrected chi connectivity index (χ1v) is 6.93. The van der Waals surface area contributed by atoms with Gasteiger partial charge in [-0.2, -0.15) is 0 Å². The van der Waals surface area contributed by atoms with Crippen molar-refractivity contribution in [3.8, 4) is 0 Å². The van der Waals surface area contributed by atoms with E-state index in [2.05, 4.69) is 51.2 Å². The van der Waals surface area contributed by atoms with Crippen molar-refractivity contribution in [2.24, 2.45) is 5.92 Å². The van der Waals surface area contributed by atoms with Gasteiger partial charge in [0, 0.05) is 6.04 Å². The molecule has 0 saturated heterocycles. The summed E-state index contributed by atoms with van der Waals surface area (Å²) >= 11 is 0. The molecule has 1 aliphatic rings. The quantitative estimate of drug-likeness (QED) is 0.831. The molecule has 0 bridgehead atoms. The normalized spacial score (nSPS) is 27.9. The zero-order valence-electron chi connectivity index (χ0n) is 11.6. The lowest BCUT2D eigenvalue weighted by Crippen LogP contribution is -2.48. The molecule has 0 spiro atoms. The molecule has 94 valence electrons. The van der Waals surface area contributed by atoms with Crippen molar-refractivity contribution in [2.75, 3.05) is 6.54 Å². The number of hydrogen-bond donors (Lipinski definition) is 1. The second-order valence-electron chi connectivity index (χ2n) is 5.68. The van der Waals surface area contributed by atoms with E-state index in [1.54, 1.807) is 5.56 Å². The van der Waals surface area contributed by atoms with Crippen molar-refractivity contribution < 1.29 is 0 Å². The van der Waals surface area contributed by atoms with Crippen LogP contribution in [-0.4, -0.2) is 12.6 Å². The maximum absolute atomic E-state index is 3.65. The summed E-state index contributed by atoms with van der Waals surface area (Å²) in [6.07, 6.45) is 2.54. The van der Waals surface area contributed by atoms with Crippen LogP contribution in [0.1, 0.15) is 49.3 Å². The van der Waals surface area contributed by atoms with Crippen LogP contribution < -0.4 is 5.32 Å². The van der Waals surface area contributed by atoms with Gasteiger partial charge in [0.2, 0.25) is 0 Å². The van der Waals surface area contributed by atoms with E-state index in [4.69, 9.17) is 0 Å². The lowest BCUT2D eigenvalue weighted by Gasteiger charge is -2.44. The fourth-order valence-corrected chi connectivity index (χ4v) is 3.05. The second kappa shape index (κ2) is 5.22. The second-order valence-corrected chi connectivity index (χ2v) is 5.68. The van der Waals surface area contributed by atoms with Crippen molar-refractivity contribution in [1.82, 2.24) is 5.32 Å². The molecule has 1 nitrogen and oxygen atoms in total. The fourth-order valence-electron chi connectivity index (χ4n) is 3.05. The highest BCUT2D eigenvalue weighted by Gasteiger charge is 2.37. The summed E-state index contributed by atoms with van der Waals surface area (Å²) in [5.74, 6) is 1.55. The average Bonchev–Trinajstić information content (AvgIpc) is 2.26. The molecule has 1 aromatic rings. The van der Waals surface area contributed by atoms with E-state index in [1.807, 2.05) is 0 Å². The van der Waals surface area contributed by atoms with Crippen LogP contribution in [0, 0.1) is 19.8 Å². The highest BCUT2D eigenvalue weighted by atomic mass is 14.9. The molecule has 0 heterocycles. The molecule has 0 amide bonds. The predicted octanol–water partition coefficient (Wildman–Crippen LogP) is 3.80. The van der Waals surface area contributed by atoms with Gasteiger partial charge in [-0.1, -0.05) is 43.2 Å². The molecule has 1 aliphatic carbocycles. The minimum atomic E-state index is 0.737. The van der Waals surface area contributed by atoms with Gasteiger partial charge < -0.3 is 5.32 Å². The number of hydrogen-bond acceptors (Lipinski definition) is 1. The van der Waals surface area contributed by atoms with Gasteiger partial charge in [-0.15, -0.1) is 0 Å². The van der Waals surface area contributed by atoms with E-state index < -0.39 is 0 Å². The van der Waals surface area contributed by atoms with Crippen LogP contribution in [0.25, 0.3) is 0 Å². The highest BCUT2D eigenvalue weighted by Crippen LogP contribution is 2.42. The molecule has 1 fully saturated rings. The monoisotopic (exact) mass is 231 g/mol. The summed E-state index contributed by atoms with van der Waals surface area (Å²) in [5, 5.41) is 3.65. The number of aryl methyl sites for hydroxylation is 2. The van der Waals surface area contributed by atoms with Crippen LogP contribution in [0.4, 0.5) is 0 Å². The number of rotatable bonds is 4. The summed E-state index contributed by atoms with van der Waals surface area (Å²) in [6, 6.07) is 7.73. The Bertz CT molecular complexity index is 363. The zero-order valence-corrected chi connectivity index (χ0v) is 11.6. The third kappa shape index (κ3) is 2.71. The molecular weight excluding hydrogens is 206 g/mol. The summed E-state index contributed by atoms with van der Waals surface area (Å²) in [6.45, 7) is 10.2. The molecular formula is C16H25N. The molecule has 1 N–H and O–H groups in total. The summed E-state index contributed by atoms with van der Waals surface area (Å²) in [7, 11) is 0. The summed E-state index contributed by atoms with van der Waals surface area (Å²) in [4.78, 5) is 0. The van der Waals surface area contributed by atoms with Crippen molar-refractivity contribution in [1.29, 1.82) is 0 Å². The maximum atomic E-state index is 3.65. The smallest absolute Gasteiger partial charge is 0.0104 e.